The van der Waals surface area contributed by atoms with E-state index in [1.54, 1.807) is 13.4 Å². The monoisotopic (exact) mass is 190 g/mol. The number of rotatable bonds is 2. The van der Waals surface area contributed by atoms with Crippen LogP contribution in [0, 0.1) is 0 Å². The van der Waals surface area contributed by atoms with Crippen LogP contribution in [-0.4, -0.2) is 7.11 Å². The van der Waals surface area contributed by atoms with E-state index in [1.165, 1.54) is 5.56 Å². The molecule has 1 unspecified atom stereocenters. The average Bonchev–Trinajstić information content (AvgIpc) is 2.30. The molecule has 0 N–H and O–H groups in total. The fraction of sp³-hybridized carbons (Fsp3) is 0.333. The zero-order chi connectivity index (χ0) is 9.80. The number of ether oxygens (including phenoxy) is 2. The number of allylic oxidation sites excluding steroid dienone is 1. The third-order valence-electron chi connectivity index (χ3n) is 2.40. The maximum Gasteiger partial charge on any atom is 0.123 e. The summed E-state index contributed by atoms with van der Waals surface area (Å²) >= 11 is 0. The van der Waals surface area contributed by atoms with Crippen molar-refractivity contribution in [3.05, 3.63) is 42.2 Å². The molecule has 0 fully saturated rings. The van der Waals surface area contributed by atoms with Crippen LogP contribution in [0.4, 0.5) is 0 Å². The minimum absolute atomic E-state index is 0.190. The van der Waals surface area contributed by atoms with E-state index in [-0.39, 0.29) is 6.10 Å². The molecule has 2 heteroatoms. The molecule has 0 aromatic heterocycles. The highest BCUT2D eigenvalue weighted by Crippen LogP contribution is 2.28. The number of methoxy groups -OCH3 is 1. The van der Waals surface area contributed by atoms with Crippen LogP contribution in [0.1, 0.15) is 24.5 Å². The fourth-order valence-electron chi connectivity index (χ4n) is 1.62. The SMILES string of the molecule is COc1cccc(C2CCC=CO2)c1. The lowest BCUT2D eigenvalue weighted by atomic mass is 10.0. The molecule has 0 aliphatic carbocycles. The highest BCUT2D eigenvalue weighted by Gasteiger charge is 2.13. The molecule has 1 aromatic carbocycles. The zero-order valence-corrected chi connectivity index (χ0v) is 8.27. The Kier molecular flexibility index (Phi) is 2.73. The minimum atomic E-state index is 0.190. The number of hydrogen-bond donors (Lipinski definition) is 0. The molecule has 1 atom stereocenters. The molecular weight excluding hydrogens is 176 g/mol. The molecule has 2 rings (SSSR count). The fourth-order valence-corrected chi connectivity index (χ4v) is 1.62. The molecule has 74 valence electrons. The van der Waals surface area contributed by atoms with Gasteiger partial charge >= 0.3 is 0 Å². The van der Waals surface area contributed by atoms with Gasteiger partial charge in [0.25, 0.3) is 0 Å². The van der Waals surface area contributed by atoms with E-state index in [9.17, 15) is 0 Å². The van der Waals surface area contributed by atoms with E-state index in [0.717, 1.165) is 18.6 Å². The topological polar surface area (TPSA) is 18.5 Å². The molecule has 0 saturated carbocycles. The Morgan fingerprint density at radius 1 is 1.43 bits per heavy atom. The van der Waals surface area contributed by atoms with E-state index >= 15 is 0 Å². The summed E-state index contributed by atoms with van der Waals surface area (Å²) in [6.45, 7) is 0. The van der Waals surface area contributed by atoms with Gasteiger partial charge in [-0.15, -0.1) is 0 Å². The molecule has 2 nitrogen and oxygen atoms in total. The second-order valence-electron chi connectivity index (χ2n) is 3.35. The maximum atomic E-state index is 5.53. The van der Waals surface area contributed by atoms with Gasteiger partial charge in [0.15, 0.2) is 0 Å². The summed E-state index contributed by atoms with van der Waals surface area (Å²) < 4.78 is 10.7. The summed E-state index contributed by atoms with van der Waals surface area (Å²) in [5, 5.41) is 0. The van der Waals surface area contributed by atoms with Crippen molar-refractivity contribution >= 4 is 0 Å². The largest absolute Gasteiger partial charge is 0.497 e. The van der Waals surface area contributed by atoms with Crippen LogP contribution in [0.5, 0.6) is 5.75 Å². The predicted molar refractivity (Wildman–Crippen MR) is 55.2 cm³/mol. The first kappa shape index (κ1) is 9.13. The molecule has 14 heavy (non-hydrogen) atoms. The Hall–Kier alpha value is -1.44. The van der Waals surface area contributed by atoms with E-state index < -0.39 is 0 Å². The highest BCUT2D eigenvalue weighted by molar-refractivity contribution is 5.30. The zero-order valence-electron chi connectivity index (χ0n) is 8.27. The highest BCUT2D eigenvalue weighted by atomic mass is 16.5. The smallest absolute Gasteiger partial charge is 0.123 e. The normalized spacial score (nSPS) is 20.2. The van der Waals surface area contributed by atoms with Crippen molar-refractivity contribution < 1.29 is 9.47 Å². The van der Waals surface area contributed by atoms with Crippen molar-refractivity contribution in [1.29, 1.82) is 0 Å². The van der Waals surface area contributed by atoms with Crippen LogP contribution >= 0.6 is 0 Å². The lowest BCUT2D eigenvalue weighted by Crippen LogP contribution is -2.03. The quantitative estimate of drug-likeness (QED) is 0.713. The summed E-state index contributed by atoms with van der Waals surface area (Å²) in [4.78, 5) is 0. The van der Waals surface area contributed by atoms with Crippen molar-refractivity contribution in [3.8, 4) is 5.75 Å². The van der Waals surface area contributed by atoms with Gasteiger partial charge in [0.2, 0.25) is 0 Å². The van der Waals surface area contributed by atoms with Gasteiger partial charge in [-0.1, -0.05) is 12.1 Å². The lowest BCUT2D eigenvalue weighted by molar-refractivity contribution is 0.125. The van der Waals surface area contributed by atoms with Gasteiger partial charge in [0.05, 0.1) is 13.4 Å². The molecule has 0 saturated heterocycles. The van der Waals surface area contributed by atoms with Gasteiger partial charge in [-0.2, -0.15) is 0 Å². The van der Waals surface area contributed by atoms with Gasteiger partial charge in [-0.3, -0.25) is 0 Å². The van der Waals surface area contributed by atoms with Crippen molar-refractivity contribution in [2.24, 2.45) is 0 Å². The second-order valence-corrected chi connectivity index (χ2v) is 3.35. The van der Waals surface area contributed by atoms with E-state index in [2.05, 4.69) is 12.1 Å². The lowest BCUT2D eigenvalue weighted by Gasteiger charge is -2.19. The van der Waals surface area contributed by atoms with Crippen LogP contribution in [0.25, 0.3) is 0 Å². The third-order valence-corrected chi connectivity index (χ3v) is 2.40. The molecule has 0 spiro atoms. The van der Waals surface area contributed by atoms with Gasteiger partial charge in [-0.05, 0) is 36.6 Å². The Morgan fingerprint density at radius 3 is 3.07 bits per heavy atom. The van der Waals surface area contributed by atoms with Gasteiger partial charge in [0, 0.05) is 0 Å². The predicted octanol–water partition coefficient (Wildman–Crippen LogP) is 3.06. The molecule has 0 radical (unpaired) electrons. The Morgan fingerprint density at radius 2 is 2.36 bits per heavy atom. The first-order valence-electron chi connectivity index (χ1n) is 4.84. The average molecular weight is 190 g/mol. The van der Waals surface area contributed by atoms with Crippen molar-refractivity contribution in [3.63, 3.8) is 0 Å². The maximum absolute atomic E-state index is 5.53. The second kappa shape index (κ2) is 4.18. The molecule has 1 aromatic rings. The van der Waals surface area contributed by atoms with Crippen LogP contribution in [0.15, 0.2) is 36.6 Å². The molecule has 0 amide bonds. The molecule has 0 bridgehead atoms. The Bertz CT molecular complexity index is 331. The molecular formula is C12H14O2. The Balaban J connectivity index is 2.18. The first-order chi connectivity index (χ1) is 6.90. The summed E-state index contributed by atoms with van der Waals surface area (Å²) in [5.74, 6) is 0.889. The Labute approximate surface area is 84.2 Å². The molecule has 1 aliphatic heterocycles. The van der Waals surface area contributed by atoms with Crippen molar-refractivity contribution in [2.75, 3.05) is 7.11 Å². The van der Waals surface area contributed by atoms with Crippen LogP contribution in [0.3, 0.4) is 0 Å². The minimum Gasteiger partial charge on any atom is -0.497 e. The summed E-state index contributed by atoms with van der Waals surface area (Å²) in [5.41, 5.74) is 1.19. The van der Waals surface area contributed by atoms with Crippen LogP contribution in [0.2, 0.25) is 0 Å². The number of hydrogen-bond acceptors (Lipinski definition) is 2. The van der Waals surface area contributed by atoms with E-state index in [4.69, 9.17) is 9.47 Å². The summed E-state index contributed by atoms with van der Waals surface area (Å²) in [7, 11) is 1.68. The van der Waals surface area contributed by atoms with E-state index in [0.29, 0.717) is 0 Å². The standard InChI is InChI=1S/C12H14O2/c1-13-11-6-4-5-10(9-11)12-7-2-3-8-14-12/h3-6,8-9,12H,2,7H2,1H3. The van der Waals surface area contributed by atoms with Crippen LogP contribution in [-0.2, 0) is 4.74 Å². The van der Waals surface area contributed by atoms with Gasteiger partial charge in [0.1, 0.15) is 11.9 Å². The third kappa shape index (κ3) is 1.90. The summed E-state index contributed by atoms with van der Waals surface area (Å²) in [6.07, 6.45) is 6.16. The van der Waals surface area contributed by atoms with Crippen molar-refractivity contribution in [1.82, 2.24) is 0 Å². The van der Waals surface area contributed by atoms with Gasteiger partial charge < -0.3 is 9.47 Å². The number of benzene rings is 1. The van der Waals surface area contributed by atoms with Crippen molar-refractivity contribution in [2.45, 2.75) is 18.9 Å². The molecule has 1 aliphatic rings. The van der Waals surface area contributed by atoms with E-state index in [1.807, 2.05) is 18.2 Å². The van der Waals surface area contributed by atoms with Gasteiger partial charge in [-0.25, -0.2) is 0 Å². The first-order valence-corrected chi connectivity index (χ1v) is 4.84. The summed E-state index contributed by atoms with van der Waals surface area (Å²) in [6, 6.07) is 8.05. The van der Waals surface area contributed by atoms with Crippen LogP contribution < -0.4 is 4.74 Å². The molecule has 1 heterocycles.